The molecular weight excluding hydrogens is 292 g/mol. The highest BCUT2D eigenvalue weighted by atomic mass is 32.3. The van der Waals surface area contributed by atoms with Gasteiger partial charge in [0.15, 0.2) is 5.82 Å². The van der Waals surface area contributed by atoms with Gasteiger partial charge in [-0.1, -0.05) is 15.9 Å². The maximum Gasteiger partial charge on any atom is 0.187 e. The summed E-state index contributed by atoms with van der Waals surface area (Å²) < 4.78 is 33.6. The van der Waals surface area contributed by atoms with Gasteiger partial charge in [0.25, 0.3) is 0 Å². The molecule has 1 saturated carbocycles. The van der Waals surface area contributed by atoms with Gasteiger partial charge in [0.1, 0.15) is 11.5 Å². The second-order valence-electron chi connectivity index (χ2n) is 5.12. The highest BCUT2D eigenvalue weighted by Crippen LogP contribution is 2.47. The van der Waals surface area contributed by atoms with E-state index in [-0.39, 0.29) is 0 Å². The van der Waals surface area contributed by atoms with Gasteiger partial charge in [-0.15, -0.1) is 0 Å². The molecule has 1 aromatic heterocycles. The topological polar surface area (TPSA) is 87.8 Å². The first-order valence-electron chi connectivity index (χ1n) is 6.79. The molecular formula is C14H18N2O4S. The molecule has 0 saturated heterocycles. The lowest BCUT2D eigenvalue weighted by Gasteiger charge is -2.32. The Kier molecular flexibility index (Phi) is 3.79. The minimum absolute atomic E-state index is 0.294. The number of aryl methyl sites for hydroxylation is 1. The Bertz CT molecular complexity index is 608. The van der Waals surface area contributed by atoms with E-state index in [1.54, 1.807) is 37.3 Å². The predicted molar refractivity (Wildman–Crippen MR) is 80.7 cm³/mol. The van der Waals surface area contributed by atoms with Gasteiger partial charge in [-0.2, -0.15) is 0 Å². The van der Waals surface area contributed by atoms with Crippen molar-refractivity contribution in [2.24, 2.45) is 0 Å². The highest BCUT2D eigenvalue weighted by molar-refractivity contribution is 8.25. The van der Waals surface area contributed by atoms with Crippen molar-refractivity contribution in [1.82, 2.24) is 5.16 Å². The second kappa shape index (κ2) is 5.59. The van der Waals surface area contributed by atoms with Gasteiger partial charge in [0, 0.05) is 6.07 Å². The Morgan fingerprint density at radius 3 is 2.52 bits per heavy atom. The zero-order valence-electron chi connectivity index (χ0n) is 11.7. The molecule has 1 aliphatic carbocycles. The Labute approximate surface area is 124 Å². The molecule has 0 aliphatic heterocycles. The van der Waals surface area contributed by atoms with Gasteiger partial charge in [-0.25, -0.2) is 0 Å². The summed E-state index contributed by atoms with van der Waals surface area (Å²) in [5, 5.41) is 3.69. The van der Waals surface area contributed by atoms with Crippen molar-refractivity contribution >= 4 is 16.6 Å². The van der Waals surface area contributed by atoms with Crippen LogP contribution in [-0.4, -0.2) is 20.4 Å². The molecule has 1 aromatic carbocycles. The van der Waals surface area contributed by atoms with Crippen molar-refractivity contribution in [1.29, 1.82) is 0 Å². The van der Waals surface area contributed by atoms with E-state index in [1.165, 1.54) is 6.42 Å². The van der Waals surface area contributed by atoms with E-state index in [1.807, 2.05) is 0 Å². The number of benzene rings is 1. The van der Waals surface area contributed by atoms with E-state index in [4.69, 9.17) is 9.26 Å². The molecule has 1 aliphatic rings. The molecule has 1 heterocycles. The number of hydrogen-bond acceptors (Lipinski definition) is 6. The molecule has 0 amide bonds. The molecule has 114 valence electrons. The molecule has 21 heavy (non-hydrogen) atoms. The second-order valence-corrected chi connectivity index (χ2v) is 6.89. The summed E-state index contributed by atoms with van der Waals surface area (Å²) in [4.78, 5) is 0.379. The van der Waals surface area contributed by atoms with Crippen LogP contribution in [0.1, 0.15) is 25.0 Å². The molecule has 0 atom stereocenters. The molecule has 6 nitrogen and oxygen atoms in total. The van der Waals surface area contributed by atoms with Gasteiger partial charge in [-0.3, -0.25) is 13.8 Å². The van der Waals surface area contributed by atoms with E-state index >= 15 is 0 Å². The van der Waals surface area contributed by atoms with E-state index in [2.05, 4.69) is 9.88 Å². The van der Waals surface area contributed by atoms with Gasteiger partial charge in [0.05, 0.1) is 11.0 Å². The summed E-state index contributed by atoms with van der Waals surface area (Å²) in [7, 11) is -3.16. The van der Waals surface area contributed by atoms with Crippen LogP contribution >= 0.6 is 10.8 Å². The summed E-state index contributed by atoms with van der Waals surface area (Å²) in [5.74, 6) is 1.63. The maximum atomic E-state index is 10.2. The summed E-state index contributed by atoms with van der Waals surface area (Å²) >= 11 is 0. The standard InChI is InChI=1S/C14H18N2O4S/c1-10-9-14(15-20-10)16-21(17,18)13-7-5-12(6-8-13)19-11-3-2-4-11/h5-9,11,17-18H,2-4H2,1H3,(H,15,16). The fourth-order valence-corrected chi connectivity index (χ4v) is 3.03. The molecule has 3 rings (SSSR count). The molecule has 0 spiro atoms. The Balaban J connectivity index is 1.69. The number of rotatable bonds is 5. The van der Waals surface area contributed by atoms with Gasteiger partial charge < -0.3 is 9.26 Å². The number of nitrogens with zero attached hydrogens (tertiary/aromatic N) is 1. The molecule has 0 bridgehead atoms. The zero-order chi connectivity index (χ0) is 14.9. The van der Waals surface area contributed by atoms with Crippen LogP contribution in [0.4, 0.5) is 5.82 Å². The average molecular weight is 310 g/mol. The predicted octanol–water partition coefficient (Wildman–Crippen LogP) is 4.05. The van der Waals surface area contributed by atoms with Crippen molar-refractivity contribution in [3.05, 3.63) is 36.1 Å². The van der Waals surface area contributed by atoms with Crippen molar-refractivity contribution < 1.29 is 18.4 Å². The SMILES string of the molecule is Cc1cc(NS(O)(O)c2ccc(OC3CCC3)cc2)no1. The molecule has 7 heteroatoms. The lowest BCUT2D eigenvalue weighted by atomic mass is 9.96. The third-order valence-electron chi connectivity index (χ3n) is 3.38. The lowest BCUT2D eigenvalue weighted by Crippen LogP contribution is -2.24. The molecule has 1 fully saturated rings. The summed E-state index contributed by atoms with van der Waals surface area (Å²) in [6.45, 7) is 1.73. The van der Waals surface area contributed by atoms with Crippen LogP contribution in [0, 0.1) is 6.92 Å². The van der Waals surface area contributed by atoms with Crippen molar-refractivity contribution in [3.8, 4) is 5.75 Å². The van der Waals surface area contributed by atoms with Crippen LogP contribution < -0.4 is 9.46 Å². The quantitative estimate of drug-likeness (QED) is 0.772. The van der Waals surface area contributed by atoms with Crippen molar-refractivity contribution in [3.63, 3.8) is 0 Å². The monoisotopic (exact) mass is 310 g/mol. The van der Waals surface area contributed by atoms with E-state index in [0.717, 1.165) is 18.6 Å². The molecule has 0 unspecified atom stereocenters. The van der Waals surface area contributed by atoms with Gasteiger partial charge in [0.2, 0.25) is 0 Å². The van der Waals surface area contributed by atoms with Crippen molar-refractivity contribution in [2.75, 3.05) is 4.72 Å². The summed E-state index contributed by atoms with van der Waals surface area (Å²) in [6, 6.07) is 8.38. The Morgan fingerprint density at radius 1 is 1.29 bits per heavy atom. The van der Waals surface area contributed by atoms with Crippen LogP contribution in [-0.2, 0) is 0 Å². The minimum atomic E-state index is -3.16. The highest BCUT2D eigenvalue weighted by Gasteiger charge is 2.20. The first kappa shape index (κ1) is 14.2. The first-order valence-corrected chi connectivity index (χ1v) is 8.34. The van der Waals surface area contributed by atoms with Crippen LogP contribution in [0.5, 0.6) is 5.75 Å². The molecule has 0 radical (unpaired) electrons. The van der Waals surface area contributed by atoms with E-state index in [9.17, 15) is 9.11 Å². The fraction of sp³-hybridized carbons (Fsp3) is 0.357. The fourth-order valence-electron chi connectivity index (χ4n) is 2.01. The smallest absolute Gasteiger partial charge is 0.187 e. The number of hydrogen-bond donors (Lipinski definition) is 3. The molecule has 3 N–H and O–H groups in total. The average Bonchev–Trinajstić information content (AvgIpc) is 2.79. The van der Waals surface area contributed by atoms with Crippen LogP contribution in [0.15, 0.2) is 39.8 Å². The van der Waals surface area contributed by atoms with E-state index in [0.29, 0.717) is 22.6 Å². The van der Waals surface area contributed by atoms with Crippen LogP contribution in [0.25, 0.3) is 0 Å². The number of aromatic nitrogens is 1. The third-order valence-corrected chi connectivity index (χ3v) is 4.81. The minimum Gasteiger partial charge on any atom is -0.490 e. The Morgan fingerprint density at radius 2 is 2.00 bits per heavy atom. The Hall–Kier alpha value is -1.70. The number of nitrogens with one attached hydrogen (secondary N) is 1. The van der Waals surface area contributed by atoms with Crippen molar-refractivity contribution in [2.45, 2.75) is 37.2 Å². The normalized spacial score (nSPS) is 16.3. The zero-order valence-corrected chi connectivity index (χ0v) is 12.5. The summed E-state index contributed by atoms with van der Waals surface area (Å²) in [6.07, 6.45) is 3.69. The van der Waals surface area contributed by atoms with E-state index < -0.39 is 10.8 Å². The maximum absolute atomic E-state index is 10.2. The van der Waals surface area contributed by atoms with Crippen LogP contribution in [0.3, 0.4) is 0 Å². The number of ether oxygens (including phenoxy) is 1. The summed E-state index contributed by atoms with van der Waals surface area (Å²) in [5.41, 5.74) is 0. The lowest BCUT2D eigenvalue weighted by molar-refractivity contribution is 0.120. The molecule has 2 aromatic rings. The van der Waals surface area contributed by atoms with Crippen LogP contribution in [0.2, 0.25) is 0 Å². The largest absolute Gasteiger partial charge is 0.490 e. The number of anilines is 1. The van der Waals surface area contributed by atoms with Gasteiger partial charge in [-0.05, 0) is 50.5 Å². The first-order chi connectivity index (χ1) is 10.0. The third kappa shape index (κ3) is 3.31. The van der Waals surface area contributed by atoms with Gasteiger partial charge >= 0.3 is 0 Å².